The van der Waals surface area contributed by atoms with Crippen LogP contribution in [0.4, 0.5) is 5.69 Å². The van der Waals surface area contributed by atoms with Crippen molar-refractivity contribution in [2.24, 2.45) is 0 Å². The van der Waals surface area contributed by atoms with Gasteiger partial charge in [0, 0.05) is 15.0 Å². The molecule has 0 fully saturated rings. The van der Waals surface area contributed by atoms with Crippen LogP contribution in [0, 0.1) is 6.92 Å². The van der Waals surface area contributed by atoms with Crippen LogP contribution in [0.2, 0.25) is 0 Å². The average molecular weight is 410 g/mol. The van der Waals surface area contributed by atoms with Crippen molar-refractivity contribution in [2.45, 2.75) is 13.5 Å². The van der Waals surface area contributed by atoms with E-state index in [4.69, 9.17) is 0 Å². The number of anilines is 1. The smallest absolute Gasteiger partial charge is 0.238 e. The van der Waals surface area contributed by atoms with E-state index in [1.54, 1.807) is 23.3 Å². The third-order valence-corrected chi connectivity index (χ3v) is 4.70. The SMILES string of the molecule is Cc1cc(Br)ccc1NC(=O)CN(C)CC(=O)NCc1cccs1. The summed E-state index contributed by atoms with van der Waals surface area (Å²) in [7, 11) is 1.75. The number of rotatable bonds is 7. The second-order valence-corrected chi connectivity index (χ2v) is 7.48. The Kier molecular flexibility index (Phi) is 6.96. The van der Waals surface area contributed by atoms with Gasteiger partial charge in [-0.3, -0.25) is 14.5 Å². The molecule has 0 atom stereocenters. The lowest BCUT2D eigenvalue weighted by Crippen LogP contribution is -2.38. The average Bonchev–Trinajstić information content (AvgIpc) is 3.01. The topological polar surface area (TPSA) is 61.4 Å². The summed E-state index contributed by atoms with van der Waals surface area (Å²) in [5.74, 6) is -0.243. The van der Waals surface area contributed by atoms with E-state index in [2.05, 4.69) is 26.6 Å². The van der Waals surface area contributed by atoms with Gasteiger partial charge in [-0.1, -0.05) is 22.0 Å². The summed E-state index contributed by atoms with van der Waals surface area (Å²) in [4.78, 5) is 26.8. The number of likely N-dealkylation sites (N-methyl/N-ethyl adjacent to an activating group) is 1. The number of carbonyl (C=O) groups excluding carboxylic acids is 2. The number of hydrogen-bond acceptors (Lipinski definition) is 4. The fourth-order valence-electron chi connectivity index (χ4n) is 2.16. The van der Waals surface area contributed by atoms with E-state index in [9.17, 15) is 9.59 Å². The fourth-order valence-corrected chi connectivity index (χ4v) is 3.28. The molecule has 1 heterocycles. The molecular weight excluding hydrogens is 390 g/mol. The quantitative estimate of drug-likeness (QED) is 0.738. The molecule has 24 heavy (non-hydrogen) atoms. The number of nitrogens with zero attached hydrogens (tertiary/aromatic N) is 1. The molecule has 7 heteroatoms. The zero-order chi connectivity index (χ0) is 17.5. The lowest BCUT2D eigenvalue weighted by Gasteiger charge is -2.16. The molecule has 0 aliphatic rings. The molecule has 2 N–H and O–H groups in total. The first kappa shape index (κ1) is 18.6. The van der Waals surface area contributed by atoms with Crippen molar-refractivity contribution < 1.29 is 9.59 Å². The Morgan fingerprint density at radius 1 is 1.21 bits per heavy atom. The van der Waals surface area contributed by atoms with Gasteiger partial charge in [0.1, 0.15) is 0 Å². The van der Waals surface area contributed by atoms with Gasteiger partial charge in [0.15, 0.2) is 0 Å². The van der Waals surface area contributed by atoms with Gasteiger partial charge in [-0.15, -0.1) is 11.3 Å². The predicted molar refractivity (Wildman–Crippen MR) is 101 cm³/mol. The van der Waals surface area contributed by atoms with Crippen LogP contribution in [-0.4, -0.2) is 36.9 Å². The third kappa shape index (κ3) is 6.07. The van der Waals surface area contributed by atoms with Crippen LogP contribution in [0.15, 0.2) is 40.2 Å². The molecule has 0 unspecified atom stereocenters. The second-order valence-electron chi connectivity index (χ2n) is 5.54. The Balaban J connectivity index is 1.75. The summed E-state index contributed by atoms with van der Waals surface area (Å²) in [6, 6.07) is 9.60. The predicted octanol–water partition coefficient (Wildman–Crippen LogP) is 3.01. The molecule has 1 aromatic carbocycles. The van der Waals surface area contributed by atoms with Crippen LogP contribution in [0.1, 0.15) is 10.4 Å². The number of halogens is 1. The van der Waals surface area contributed by atoms with Gasteiger partial charge in [-0.2, -0.15) is 0 Å². The minimum absolute atomic E-state index is 0.0986. The molecule has 0 saturated heterocycles. The molecule has 2 aromatic rings. The number of nitrogens with one attached hydrogen (secondary N) is 2. The van der Waals surface area contributed by atoms with E-state index in [0.717, 1.165) is 20.6 Å². The van der Waals surface area contributed by atoms with Gasteiger partial charge in [-0.05, 0) is 49.2 Å². The zero-order valence-electron chi connectivity index (χ0n) is 13.6. The summed E-state index contributed by atoms with van der Waals surface area (Å²) in [5, 5.41) is 7.69. The largest absolute Gasteiger partial charge is 0.350 e. The first-order chi connectivity index (χ1) is 11.4. The first-order valence-corrected chi connectivity index (χ1v) is 9.15. The highest BCUT2D eigenvalue weighted by Crippen LogP contribution is 2.19. The van der Waals surface area contributed by atoms with E-state index >= 15 is 0 Å². The summed E-state index contributed by atoms with van der Waals surface area (Å²) >= 11 is 5.00. The molecule has 5 nitrogen and oxygen atoms in total. The van der Waals surface area contributed by atoms with Gasteiger partial charge in [-0.25, -0.2) is 0 Å². The van der Waals surface area contributed by atoms with E-state index in [1.165, 1.54) is 0 Å². The number of benzene rings is 1. The standard InChI is InChI=1S/C17H20BrN3O2S/c1-12-8-13(18)5-6-15(12)20-17(23)11-21(2)10-16(22)19-9-14-4-3-7-24-14/h3-8H,9-11H2,1-2H3,(H,19,22)(H,20,23). The molecule has 0 radical (unpaired) electrons. The molecule has 128 valence electrons. The van der Waals surface area contributed by atoms with Gasteiger partial charge in [0.05, 0.1) is 19.6 Å². The normalized spacial score (nSPS) is 10.7. The van der Waals surface area contributed by atoms with Crippen LogP contribution in [0.5, 0.6) is 0 Å². The van der Waals surface area contributed by atoms with Gasteiger partial charge < -0.3 is 10.6 Å². The minimum atomic E-state index is -0.144. The summed E-state index contributed by atoms with van der Waals surface area (Å²) in [6.45, 7) is 2.79. The first-order valence-electron chi connectivity index (χ1n) is 7.47. The Labute approximate surface area is 154 Å². The molecular formula is C17H20BrN3O2S. The van der Waals surface area contributed by atoms with E-state index in [-0.39, 0.29) is 24.9 Å². The van der Waals surface area contributed by atoms with Gasteiger partial charge in [0.2, 0.25) is 11.8 Å². The summed E-state index contributed by atoms with van der Waals surface area (Å²) in [6.07, 6.45) is 0. The van der Waals surface area contributed by atoms with Crippen molar-refractivity contribution in [3.63, 3.8) is 0 Å². The van der Waals surface area contributed by atoms with Crippen molar-refractivity contribution in [1.82, 2.24) is 10.2 Å². The zero-order valence-corrected chi connectivity index (χ0v) is 16.0. The second kappa shape index (κ2) is 8.96. The van der Waals surface area contributed by atoms with Crippen molar-refractivity contribution in [3.05, 3.63) is 50.6 Å². The maximum atomic E-state index is 12.1. The molecule has 0 bridgehead atoms. The summed E-state index contributed by atoms with van der Waals surface area (Å²) in [5.41, 5.74) is 1.76. The maximum Gasteiger partial charge on any atom is 0.238 e. The molecule has 0 aliphatic carbocycles. The number of carbonyl (C=O) groups is 2. The van der Waals surface area contributed by atoms with Gasteiger partial charge >= 0.3 is 0 Å². The van der Waals surface area contributed by atoms with E-state index in [1.807, 2.05) is 42.6 Å². The van der Waals surface area contributed by atoms with Crippen LogP contribution in [0.25, 0.3) is 0 Å². The molecule has 0 aliphatic heterocycles. The lowest BCUT2D eigenvalue weighted by atomic mass is 10.2. The molecule has 2 amide bonds. The van der Waals surface area contributed by atoms with Gasteiger partial charge in [0.25, 0.3) is 0 Å². The lowest BCUT2D eigenvalue weighted by molar-refractivity contribution is -0.123. The monoisotopic (exact) mass is 409 g/mol. The van der Waals surface area contributed by atoms with Crippen molar-refractivity contribution in [1.29, 1.82) is 0 Å². The Morgan fingerprint density at radius 2 is 1.96 bits per heavy atom. The number of hydrogen-bond donors (Lipinski definition) is 2. The Bertz CT molecular complexity index is 704. The number of aryl methyl sites for hydroxylation is 1. The molecule has 1 aromatic heterocycles. The van der Waals surface area contributed by atoms with Crippen molar-refractivity contribution in [2.75, 3.05) is 25.5 Å². The molecule has 0 saturated carbocycles. The highest BCUT2D eigenvalue weighted by molar-refractivity contribution is 9.10. The van der Waals surface area contributed by atoms with E-state index in [0.29, 0.717) is 6.54 Å². The third-order valence-electron chi connectivity index (χ3n) is 3.33. The maximum absolute atomic E-state index is 12.1. The molecule has 0 spiro atoms. The fraction of sp³-hybridized carbons (Fsp3) is 0.294. The van der Waals surface area contributed by atoms with Crippen molar-refractivity contribution >= 4 is 44.8 Å². The van der Waals surface area contributed by atoms with Crippen LogP contribution < -0.4 is 10.6 Å². The number of amides is 2. The minimum Gasteiger partial charge on any atom is -0.350 e. The van der Waals surface area contributed by atoms with Crippen molar-refractivity contribution in [3.8, 4) is 0 Å². The Morgan fingerprint density at radius 3 is 2.62 bits per heavy atom. The molecule has 2 rings (SSSR count). The van der Waals surface area contributed by atoms with Crippen LogP contribution in [0.3, 0.4) is 0 Å². The highest BCUT2D eigenvalue weighted by Gasteiger charge is 2.12. The Hall–Kier alpha value is -1.70. The van der Waals surface area contributed by atoms with Crippen LogP contribution in [-0.2, 0) is 16.1 Å². The highest BCUT2D eigenvalue weighted by atomic mass is 79.9. The number of thiophene rings is 1. The summed E-state index contributed by atoms with van der Waals surface area (Å²) < 4.78 is 0.970. The van der Waals surface area contributed by atoms with E-state index < -0.39 is 0 Å². The van der Waals surface area contributed by atoms with Crippen LogP contribution >= 0.6 is 27.3 Å².